The van der Waals surface area contributed by atoms with Crippen LogP contribution >= 0.6 is 0 Å². The number of aromatic nitrogens is 3. The van der Waals surface area contributed by atoms with Gasteiger partial charge in [0.2, 0.25) is 0 Å². The Morgan fingerprint density at radius 1 is 1.29 bits per heavy atom. The van der Waals surface area contributed by atoms with Crippen molar-refractivity contribution in [3.63, 3.8) is 0 Å². The van der Waals surface area contributed by atoms with Gasteiger partial charge in [-0.3, -0.25) is 9.58 Å². The van der Waals surface area contributed by atoms with Crippen LogP contribution in [0.25, 0.3) is 0 Å². The van der Waals surface area contributed by atoms with Gasteiger partial charge in [0, 0.05) is 38.7 Å². The van der Waals surface area contributed by atoms with Crippen LogP contribution in [0, 0.1) is 0 Å². The van der Waals surface area contributed by atoms with Crippen molar-refractivity contribution in [2.75, 3.05) is 26.4 Å². The molecule has 2 aromatic rings. The van der Waals surface area contributed by atoms with E-state index in [4.69, 9.17) is 9.47 Å². The Morgan fingerprint density at radius 2 is 2.17 bits per heavy atom. The van der Waals surface area contributed by atoms with E-state index in [1.807, 2.05) is 29.9 Å². The first kappa shape index (κ1) is 15.7. The zero-order valence-corrected chi connectivity index (χ0v) is 14.1. The molecule has 0 N–H and O–H groups in total. The lowest BCUT2D eigenvalue weighted by molar-refractivity contribution is 0.0686. The molecule has 1 aromatic carbocycles. The first-order chi connectivity index (χ1) is 11.8. The van der Waals surface area contributed by atoms with E-state index < -0.39 is 0 Å². The van der Waals surface area contributed by atoms with Crippen molar-refractivity contribution in [3.8, 4) is 0 Å². The molecule has 0 amide bonds. The minimum atomic E-state index is 0.304. The van der Waals surface area contributed by atoms with Gasteiger partial charge in [-0.1, -0.05) is 35.5 Å². The summed E-state index contributed by atoms with van der Waals surface area (Å²) < 4.78 is 13.5. The second-order valence-electron chi connectivity index (χ2n) is 6.69. The molecule has 0 spiro atoms. The standard InChI is InChI=1S/C18H24N4O2/c1-21-18-15(12-24-11-14-5-3-2-4-6-14)9-22(10-17(18)19-20-21)16-7-8-23-13-16/h2-6,15-16H,7-13H2,1H3/t15-,16-/m0/s1. The second kappa shape index (κ2) is 7.01. The number of hydrogen-bond acceptors (Lipinski definition) is 5. The highest BCUT2D eigenvalue weighted by Crippen LogP contribution is 2.30. The number of rotatable bonds is 5. The normalized spacial score (nSPS) is 24.2. The average molecular weight is 328 g/mol. The molecule has 3 heterocycles. The van der Waals surface area contributed by atoms with Crippen LogP contribution in [0.1, 0.15) is 29.3 Å². The monoisotopic (exact) mass is 328 g/mol. The van der Waals surface area contributed by atoms with Gasteiger partial charge in [-0.15, -0.1) is 5.10 Å². The van der Waals surface area contributed by atoms with Crippen molar-refractivity contribution in [2.45, 2.75) is 31.5 Å². The molecule has 128 valence electrons. The Hall–Kier alpha value is -1.76. The smallest absolute Gasteiger partial charge is 0.100 e. The van der Waals surface area contributed by atoms with Crippen molar-refractivity contribution < 1.29 is 9.47 Å². The van der Waals surface area contributed by atoms with Gasteiger partial charge in [-0.25, -0.2) is 0 Å². The maximum atomic E-state index is 6.02. The van der Waals surface area contributed by atoms with E-state index >= 15 is 0 Å². The van der Waals surface area contributed by atoms with E-state index in [1.54, 1.807) is 0 Å². The zero-order chi connectivity index (χ0) is 16.4. The molecule has 2 atom stereocenters. The molecule has 0 radical (unpaired) electrons. The van der Waals surface area contributed by atoms with Crippen LogP contribution in [0.2, 0.25) is 0 Å². The molecular formula is C18H24N4O2. The highest BCUT2D eigenvalue weighted by Gasteiger charge is 2.34. The van der Waals surface area contributed by atoms with E-state index in [9.17, 15) is 0 Å². The van der Waals surface area contributed by atoms with Crippen LogP contribution in [0.4, 0.5) is 0 Å². The molecule has 4 rings (SSSR count). The summed E-state index contributed by atoms with van der Waals surface area (Å²) in [4.78, 5) is 2.49. The summed E-state index contributed by atoms with van der Waals surface area (Å²) in [6, 6.07) is 10.8. The molecule has 1 saturated heterocycles. The fraction of sp³-hybridized carbons (Fsp3) is 0.556. The van der Waals surface area contributed by atoms with Gasteiger partial charge >= 0.3 is 0 Å². The number of nitrogens with zero attached hydrogens (tertiary/aromatic N) is 4. The Kier molecular flexibility index (Phi) is 4.60. The third-order valence-corrected chi connectivity index (χ3v) is 4.99. The molecule has 0 saturated carbocycles. The Balaban J connectivity index is 1.44. The van der Waals surface area contributed by atoms with Crippen LogP contribution < -0.4 is 0 Å². The van der Waals surface area contributed by atoms with Crippen molar-refractivity contribution in [2.24, 2.45) is 7.05 Å². The minimum absolute atomic E-state index is 0.304. The maximum absolute atomic E-state index is 6.02. The van der Waals surface area contributed by atoms with Crippen LogP contribution in [0.15, 0.2) is 30.3 Å². The van der Waals surface area contributed by atoms with E-state index in [2.05, 4.69) is 27.3 Å². The lowest BCUT2D eigenvalue weighted by Gasteiger charge is -2.35. The molecule has 24 heavy (non-hydrogen) atoms. The topological polar surface area (TPSA) is 52.4 Å². The van der Waals surface area contributed by atoms with Crippen LogP contribution in [0.5, 0.6) is 0 Å². The highest BCUT2D eigenvalue weighted by molar-refractivity contribution is 5.20. The van der Waals surface area contributed by atoms with E-state index in [0.717, 1.165) is 38.4 Å². The van der Waals surface area contributed by atoms with Gasteiger partial charge in [0.1, 0.15) is 5.69 Å². The van der Waals surface area contributed by atoms with Crippen molar-refractivity contribution >= 4 is 0 Å². The molecule has 6 heteroatoms. The second-order valence-corrected chi connectivity index (χ2v) is 6.69. The largest absolute Gasteiger partial charge is 0.380 e. The van der Waals surface area contributed by atoms with Crippen LogP contribution in [-0.4, -0.2) is 52.3 Å². The fourth-order valence-corrected chi connectivity index (χ4v) is 3.76. The quantitative estimate of drug-likeness (QED) is 0.836. The summed E-state index contributed by atoms with van der Waals surface area (Å²) in [5.41, 5.74) is 3.51. The number of fused-ring (bicyclic) bond motifs is 1. The number of benzene rings is 1. The first-order valence-corrected chi connectivity index (χ1v) is 8.63. The van der Waals surface area contributed by atoms with E-state index in [-0.39, 0.29) is 0 Å². The van der Waals surface area contributed by atoms with Crippen LogP contribution in [-0.2, 0) is 29.7 Å². The summed E-state index contributed by atoms with van der Waals surface area (Å²) >= 11 is 0. The summed E-state index contributed by atoms with van der Waals surface area (Å²) in [5, 5.41) is 8.60. The first-order valence-electron chi connectivity index (χ1n) is 8.63. The molecular weight excluding hydrogens is 304 g/mol. The van der Waals surface area contributed by atoms with E-state index in [0.29, 0.717) is 25.2 Å². The lowest BCUT2D eigenvalue weighted by Crippen LogP contribution is -2.43. The summed E-state index contributed by atoms with van der Waals surface area (Å²) in [6.07, 6.45) is 1.10. The molecule has 6 nitrogen and oxygen atoms in total. The number of aryl methyl sites for hydroxylation is 1. The number of hydrogen-bond donors (Lipinski definition) is 0. The fourth-order valence-electron chi connectivity index (χ4n) is 3.76. The van der Waals surface area contributed by atoms with Gasteiger partial charge in [0.05, 0.1) is 25.5 Å². The molecule has 0 aliphatic carbocycles. The molecule has 2 aliphatic rings. The van der Waals surface area contributed by atoms with Crippen molar-refractivity contribution in [3.05, 3.63) is 47.3 Å². The Morgan fingerprint density at radius 3 is 2.96 bits per heavy atom. The molecule has 1 fully saturated rings. The predicted molar refractivity (Wildman–Crippen MR) is 89.5 cm³/mol. The van der Waals surface area contributed by atoms with E-state index in [1.165, 1.54) is 11.3 Å². The van der Waals surface area contributed by atoms with Gasteiger partial charge in [-0.2, -0.15) is 0 Å². The predicted octanol–water partition coefficient (Wildman–Crippen LogP) is 1.72. The molecule has 2 aliphatic heterocycles. The Labute approximate surface area is 142 Å². The zero-order valence-electron chi connectivity index (χ0n) is 14.1. The van der Waals surface area contributed by atoms with Crippen LogP contribution in [0.3, 0.4) is 0 Å². The summed E-state index contributed by atoms with van der Waals surface area (Å²) in [7, 11) is 1.98. The third-order valence-electron chi connectivity index (χ3n) is 4.99. The van der Waals surface area contributed by atoms with Gasteiger partial charge < -0.3 is 9.47 Å². The third kappa shape index (κ3) is 3.22. The molecule has 1 aromatic heterocycles. The van der Waals surface area contributed by atoms with Gasteiger partial charge in [0.15, 0.2) is 0 Å². The number of ether oxygens (including phenoxy) is 2. The average Bonchev–Trinajstić information content (AvgIpc) is 3.26. The van der Waals surface area contributed by atoms with Crippen molar-refractivity contribution in [1.29, 1.82) is 0 Å². The summed E-state index contributed by atoms with van der Waals surface area (Å²) in [6.45, 7) is 4.87. The molecule has 0 bridgehead atoms. The van der Waals surface area contributed by atoms with Crippen molar-refractivity contribution in [1.82, 2.24) is 19.9 Å². The minimum Gasteiger partial charge on any atom is -0.380 e. The summed E-state index contributed by atoms with van der Waals surface area (Å²) in [5.74, 6) is 0.304. The SMILES string of the molecule is Cn1nnc2c1[C@H](COCc1ccccc1)CN([C@H]1CCOC1)C2. The van der Waals surface area contributed by atoms with Gasteiger partial charge in [0.25, 0.3) is 0 Å². The lowest BCUT2D eigenvalue weighted by atomic mass is 9.97. The Bertz CT molecular complexity index is 667. The van der Waals surface area contributed by atoms with Gasteiger partial charge in [-0.05, 0) is 12.0 Å². The molecule has 0 unspecified atom stereocenters. The maximum Gasteiger partial charge on any atom is 0.100 e. The highest BCUT2D eigenvalue weighted by atomic mass is 16.5.